The predicted molar refractivity (Wildman–Crippen MR) is 267 cm³/mol. The molecule has 3 nitrogen and oxygen atoms in total. The molecule has 0 radical (unpaired) electrons. The molecule has 1 aliphatic rings. The molecule has 64 heavy (non-hydrogen) atoms. The SMILES string of the molecule is c1ccc(C2(c3ccccc3)c3ccccc3-c3c(N(c4cccc(-n5c6ccccc6c6ccccc65)c4)c4cccc(-n5c6ccccc6c6ccccc65)c4)cccc32)cc1. The molecule has 0 saturated carbocycles. The molecule has 3 heteroatoms. The Hall–Kier alpha value is -8.40. The van der Waals surface area contributed by atoms with Gasteiger partial charge >= 0.3 is 0 Å². The predicted octanol–water partition coefficient (Wildman–Crippen LogP) is 15.7. The highest BCUT2D eigenvalue weighted by Crippen LogP contribution is 2.59. The Morgan fingerprint density at radius 1 is 0.312 bits per heavy atom. The lowest BCUT2D eigenvalue weighted by atomic mass is 9.68. The van der Waals surface area contributed by atoms with Crippen LogP contribution < -0.4 is 4.90 Å². The Bertz CT molecular complexity index is 3440. The number of hydrogen-bond donors (Lipinski definition) is 0. The summed E-state index contributed by atoms with van der Waals surface area (Å²) in [6, 6.07) is 91.4. The first-order valence-electron chi connectivity index (χ1n) is 22.1. The topological polar surface area (TPSA) is 13.1 Å². The summed E-state index contributed by atoms with van der Waals surface area (Å²) in [6.45, 7) is 0. The number of anilines is 3. The molecule has 2 aromatic heterocycles. The largest absolute Gasteiger partial charge is 0.310 e. The number of fused-ring (bicyclic) bond motifs is 9. The van der Waals surface area contributed by atoms with Crippen LogP contribution in [-0.2, 0) is 5.41 Å². The van der Waals surface area contributed by atoms with E-state index in [2.05, 4.69) is 263 Å². The van der Waals surface area contributed by atoms with Crippen molar-refractivity contribution in [3.8, 4) is 22.5 Å². The molecule has 0 amide bonds. The van der Waals surface area contributed by atoms with E-state index >= 15 is 0 Å². The van der Waals surface area contributed by atoms with Crippen LogP contribution in [0.4, 0.5) is 17.1 Å². The lowest BCUT2D eigenvalue weighted by Crippen LogP contribution is -2.28. The van der Waals surface area contributed by atoms with E-state index in [1.807, 2.05) is 0 Å². The van der Waals surface area contributed by atoms with Gasteiger partial charge in [-0.15, -0.1) is 0 Å². The van der Waals surface area contributed by atoms with Crippen LogP contribution in [0.2, 0.25) is 0 Å². The fraction of sp³-hybridized carbons (Fsp3) is 0.0164. The van der Waals surface area contributed by atoms with Gasteiger partial charge in [-0.3, -0.25) is 0 Å². The van der Waals surface area contributed by atoms with Gasteiger partial charge < -0.3 is 14.0 Å². The Balaban J connectivity index is 1.11. The standard InChI is InChI=1S/C61H41N3/c1-3-20-42(21-4-1)61(43-22-5-2-6-23-43)53-33-12-7-32-52(53)60-54(61)34-19-39-59(60)62(44-24-17-26-46(40-44)63-55-35-13-8-28-48(55)49-29-9-14-36-56(49)63)45-25-18-27-47(41-45)64-57-37-15-10-30-50(57)51-31-11-16-38-58(51)64/h1-41H. The van der Waals surface area contributed by atoms with Gasteiger partial charge in [-0.2, -0.15) is 0 Å². The van der Waals surface area contributed by atoms with Crippen LogP contribution in [0.25, 0.3) is 66.1 Å². The molecular weight excluding hydrogens is 775 g/mol. The number of benzene rings is 10. The Morgan fingerprint density at radius 2 is 0.703 bits per heavy atom. The maximum atomic E-state index is 2.50. The third kappa shape index (κ3) is 5.22. The van der Waals surface area contributed by atoms with Crippen molar-refractivity contribution in [1.29, 1.82) is 0 Å². The molecule has 0 aliphatic heterocycles. The van der Waals surface area contributed by atoms with Crippen molar-refractivity contribution in [2.45, 2.75) is 5.41 Å². The van der Waals surface area contributed by atoms with E-state index in [0.717, 1.165) is 28.4 Å². The normalized spacial score (nSPS) is 12.8. The second-order valence-corrected chi connectivity index (χ2v) is 16.8. The molecule has 0 atom stereocenters. The number of rotatable bonds is 7. The van der Waals surface area contributed by atoms with Gasteiger partial charge in [0.15, 0.2) is 0 Å². The van der Waals surface area contributed by atoms with E-state index in [1.165, 1.54) is 77.0 Å². The first-order chi connectivity index (χ1) is 31.8. The van der Waals surface area contributed by atoms with Crippen molar-refractivity contribution < 1.29 is 0 Å². The first-order valence-corrected chi connectivity index (χ1v) is 22.1. The van der Waals surface area contributed by atoms with Crippen molar-refractivity contribution >= 4 is 60.7 Å². The number of nitrogens with zero attached hydrogens (tertiary/aromatic N) is 3. The molecular formula is C61H41N3. The molecule has 13 rings (SSSR count). The van der Waals surface area contributed by atoms with E-state index in [0.29, 0.717) is 0 Å². The van der Waals surface area contributed by atoms with Crippen molar-refractivity contribution in [3.05, 3.63) is 271 Å². The Morgan fingerprint density at radius 3 is 1.19 bits per heavy atom. The van der Waals surface area contributed by atoms with Gasteiger partial charge in [0.1, 0.15) is 0 Å². The van der Waals surface area contributed by atoms with Crippen molar-refractivity contribution in [3.63, 3.8) is 0 Å². The van der Waals surface area contributed by atoms with Gasteiger partial charge in [-0.05, 0) is 94.5 Å². The summed E-state index contributed by atoms with van der Waals surface area (Å²) in [5.74, 6) is 0. The van der Waals surface area contributed by atoms with Gasteiger partial charge in [0.05, 0.1) is 33.2 Å². The summed E-state index contributed by atoms with van der Waals surface area (Å²) in [7, 11) is 0. The monoisotopic (exact) mass is 815 g/mol. The van der Waals surface area contributed by atoms with Crippen LogP contribution in [0.5, 0.6) is 0 Å². The molecule has 1 aliphatic carbocycles. The van der Waals surface area contributed by atoms with Gasteiger partial charge in [0, 0.05) is 49.9 Å². The summed E-state index contributed by atoms with van der Waals surface area (Å²) in [6.07, 6.45) is 0. The Kier molecular flexibility index (Phi) is 8.13. The third-order valence-electron chi connectivity index (χ3n) is 13.6. The van der Waals surface area contributed by atoms with Crippen molar-refractivity contribution in [2.75, 3.05) is 4.90 Å². The van der Waals surface area contributed by atoms with Gasteiger partial charge in [-0.1, -0.05) is 182 Å². The van der Waals surface area contributed by atoms with E-state index in [9.17, 15) is 0 Å². The van der Waals surface area contributed by atoms with Crippen LogP contribution in [0.3, 0.4) is 0 Å². The highest BCUT2D eigenvalue weighted by Gasteiger charge is 2.47. The van der Waals surface area contributed by atoms with Gasteiger partial charge in [-0.25, -0.2) is 0 Å². The number of para-hydroxylation sites is 4. The van der Waals surface area contributed by atoms with E-state index in [4.69, 9.17) is 0 Å². The van der Waals surface area contributed by atoms with Crippen LogP contribution in [0, 0.1) is 0 Å². The maximum absolute atomic E-state index is 2.50. The minimum Gasteiger partial charge on any atom is -0.310 e. The zero-order chi connectivity index (χ0) is 42.2. The van der Waals surface area contributed by atoms with Crippen LogP contribution >= 0.6 is 0 Å². The average Bonchev–Trinajstić information content (AvgIpc) is 4.00. The van der Waals surface area contributed by atoms with Crippen LogP contribution in [-0.4, -0.2) is 9.13 Å². The van der Waals surface area contributed by atoms with Crippen molar-refractivity contribution in [2.24, 2.45) is 0 Å². The van der Waals surface area contributed by atoms with Crippen LogP contribution in [0.15, 0.2) is 249 Å². The smallest absolute Gasteiger partial charge is 0.0714 e. The lowest BCUT2D eigenvalue weighted by molar-refractivity contribution is 0.768. The molecule has 300 valence electrons. The molecule has 0 bridgehead atoms. The summed E-state index contributed by atoms with van der Waals surface area (Å²) < 4.78 is 4.84. The van der Waals surface area contributed by atoms with E-state index in [-0.39, 0.29) is 0 Å². The zero-order valence-corrected chi connectivity index (χ0v) is 35.0. The molecule has 0 fully saturated rings. The fourth-order valence-corrected chi connectivity index (χ4v) is 11.0. The number of hydrogen-bond acceptors (Lipinski definition) is 1. The summed E-state index contributed by atoms with van der Waals surface area (Å²) in [4.78, 5) is 2.50. The second kappa shape index (κ2) is 14.3. The summed E-state index contributed by atoms with van der Waals surface area (Å²) in [5, 5.41) is 4.98. The maximum Gasteiger partial charge on any atom is 0.0714 e. The minimum absolute atomic E-state index is 0.536. The van der Waals surface area contributed by atoms with Crippen molar-refractivity contribution in [1.82, 2.24) is 9.13 Å². The summed E-state index contributed by atoms with van der Waals surface area (Å²) >= 11 is 0. The molecule has 12 aromatic rings. The molecule has 0 saturated heterocycles. The molecule has 2 heterocycles. The molecule has 0 unspecified atom stereocenters. The molecule has 10 aromatic carbocycles. The van der Waals surface area contributed by atoms with Gasteiger partial charge in [0.25, 0.3) is 0 Å². The van der Waals surface area contributed by atoms with Crippen LogP contribution in [0.1, 0.15) is 22.3 Å². The summed E-state index contributed by atoms with van der Waals surface area (Å²) in [5.41, 5.74) is 17.2. The molecule has 0 N–H and O–H groups in total. The lowest BCUT2D eigenvalue weighted by Gasteiger charge is -2.34. The highest BCUT2D eigenvalue weighted by molar-refractivity contribution is 6.10. The first kappa shape index (κ1) is 36.3. The molecule has 0 spiro atoms. The second-order valence-electron chi connectivity index (χ2n) is 16.8. The minimum atomic E-state index is -0.536. The zero-order valence-electron chi connectivity index (χ0n) is 35.0. The average molecular weight is 816 g/mol. The van der Waals surface area contributed by atoms with Gasteiger partial charge in [0.2, 0.25) is 0 Å². The quantitative estimate of drug-likeness (QED) is 0.156. The fourth-order valence-electron chi connectivity index (χ4n) is 11.0. The Labute approximate surface area is 372 Å². The van der Waals surface area contributed by atoms with E-state index < -0.39 is 5.41 Å². The van der Waals surface area contributed by atoms with E-state index in [1.54, 1.807) is 0 Å². The highest BCUT2D eigenvalue weighted by atomic mass is 15.2. The number of aromatic nitrogens is 2. The third-order valence-corrected chi connectivity index (χ3v) is 13.6.